The van der Waals surface area contributed by atoms with Gasteiger partial charge in [0, 0.05) is 16.9 Å². The van der Waals surface area contributed by atoms with Crippen LogP contribution in [0.3, 0.4) is 0 Å². The second-order valence-corrected chi connectivity index (χ2v) is 6.37. The van der Waals surface area contributed by atoms with E-state index in [0.717, 1.165) is 22.2 Å². The second-order valence-electron chi connectivity index (χ2n) is 4.49. The molecule has 3 aromatic rings. The molecule has 1 aliphatic rings. The zero-order valence-electron chi connectivity index (χ0n) is 10.2. The summed E-state index contributed by atoms with van der Waals surface area (Å²) in [7, 11) is 0. The van der Waals surface area contributed by atoms with Crippen molar-refractivity contribution in [2.24, 2.45) is 0 Å². The van der Waals surface area contributed by atoms with Gasteiger partial charge >= 0.3 is 0 Å². The molecule has 1 N–H and O–H groups in total. The van der Waals surface area contributed by atoms with Gasteiger partial charge in [-0.25, -0.2) is 4.98 Å². The molecule has 4 rings (SSSR count). The van der Waals surface area contributed by atoms with Crippen LogP contribution in [0.25, 0.3) is 21.3 Å². The Balaban J connectivity index is 2.12. The van der Waals surface area contributed by atoms with Crippen molar-refractivity contribution in [2.75, 3.05) is 6.26 Å². The van der Waals surface area contributed by atoms with Gasteiger partial charge in [-0.15, -0.1) is 11.3 Å². The van der Waals surface area contributed by atoms with Gasteiger partial charge < -0.3 is 4.98 Å². The molecule has 0 saturated carbocycles. The average molecular weight is 286 g/mol. The summed E-state index contributed by atoms with van der Waals surface area (Å²) < 4.78 is 0. The van der Waals surface area contributed by atoms with Crippen LogP contribution in [-0.4, -0.2) is 16.2 Å². The summed E-state index contributed by atoms with van der Waals surface area (Å²) >= 11 is 3.11. The lowest BCUT2D eigenvalue weighted by atomic mass is 10.1. The van der Waals surface area contributed by atoms with E-state index in [9.17, 15) is 4.79 Å². The standard InChI is InChI=1S/C14H10N2OS2/c1-18-14-15-12(17)11-10-8-5-3-2-4-7(8)6-9(10)19-13(11)16-14/h2-5H,6H2,1H3,(H,15,16,17). The van der Waals surface area contributed by atoms with E-state index in [0.29, 0.717) is 5.16 Å². The summed E-state index contributed by atoms with van der Waals surface area (Å²) in [6.07, 6.45) is 2.83. The smallest absolute Gasteiger partial charge is 0.260 e. The maximum Gasteiger partial charge on any atom is 0.260 e. The maximum atomic E-state index is 12.3. The van der Waals surface area contributed by atoms with Gasteiger partial charge in [-0.3, -0.25) is 4.79 Å². The SMILES string of the molecule is CSc1nc2sc3c(c2c(=O)[nH]1)-c1ccccc1C3. The van der Waals surface area contributed by atoms with Gasteiger partial charge in [-0.2, -0.15) is 0 Å². The predicted octanol–water partition coefficient (Wildman–Crippen LogP) is 3.28. The fraction of sp³-hybridized carbons (Fsp3) is 0.143. The molecule has 2 aromatic heterocycles. The molecule has 5 heteroatoms. The Kier molecular flexibility index (Phi) is 2.34. The van der Waals surface area contributed by atoms with Crippen LogP contribution >= 0.6 is 23.1 Å². The molecule has 0 atom stereocenters. The minimum atomic E-state index is -0.0245. The van der Waals surface area contributed by atoms with Crippen LogP contribution in [0.5, 0.6) is 0 Å². The predicted molar refractivity (Wildman–Crippen MR) is 80.3 cm³/mol. The number of H-pyrrole nitrogens is 1. The first-order valence-corrected chi connectivity index (χ1v) is 8.00. The monoisotopic (exact) mass is 286 g/mol. The van der Waals surface area contributed by atoms with Crippen molar-refractivity contribution in [3.05, 3.63) is 45.1 Å². The molecule has 0 bridgehead atoms. The highest BCUT2D eigenvalue weighted by molar-refractivity contribution is 7.98. The summed E-state index contributed by atoms with van der Waals surface area (Å²) in [4.78, 5) is 21.8. The third-order valence-corrected chi connectivity index (χ3v) is 5.11. The summed E-state index contributed by atoms with van der Waals surface area (Å²) in [6.45, 7) is 0. The lowest BCUT2D eigenvalue weighted by molar-refractivity contribution is 0.984. The molecule has 2 heterocycles. The van der Waals surface area contributed by atoms with Crippen molar-refractivity contribution in [3.8, 4) is 11.1 Å². The van der Waals surface area contributed by atoms with Crippen molar-refractivity contribution in [2.45, 2.75) is 11.6 Å². The van der Waals surface area contributed by atoms with Gasteiger partial charge in [0.05, 0.1) is 5.39 Å². The van der Waals surface area contributed by atoms with Crippen LogP contribution < -0.4 is 5.56 Å². The fourth-order valence-electron chi connectivity index (χ4n) is 2.63. The number of thioether (sulfide) groups is 1. The molecule has 0 radical (unpaired) electrons. The van der Waals surface area contributed by atoms with Crippen molar-refractivity contribution in [1.29, 1.82) is 0 Å². The third kappa shape index (κ3) is 1.52. The molecule has 0 unspecified atom stereocenters. The Bertz CT molecular complexity index is 863. The molecule has 0 fully saturated rings. The van der Waals surface area contributed by atoms with E-state index in [1.54, 1.807) is 11.3 Å². The highest BCUT2D eigenvalue weighted by Gasteiger charge is 2.25. The minimum absolute atomic E-state index is 0.0245. The van der Waals surface area contributed by atoms with Gasteiger partial charge in [0.15, 0.2) is 5.16 Å². The Morgan fingerprint density at radius 2 is 2.21 bits per heavy atom. The quantitative estimate of drug-likeness (QED) is 0.431. The Hall–Kier alpha value is -1.59. The van der Waals surface area contributed by atoms with Crippen LogP contribution in [0.2, 0.25) is 0 Å². The van der Waals surface area contributed by atoms with Crippen LogP contribution in [0, 0.1) is 0 Å². The molecule has 0 amide bonds. The first-order chi connectivity index (χ1) is 9.28. The zero-order valence-corrected chi connectivity index (χ0v) is 11.8. The number of benzene rings is 1. The molecule has 19 heavy (non-hydrogen) atoms. The molecule has 94 valence electrons. The van der Waals surface area contributed by atoms with E-state index in [4.69, 9.17) is 0 Å². The van der Waals surface area contributed by atoms with E-state index < -0.39 is 0 Å². The third-order valence-electron chi connectivity index (χ3n) is 3.44. The lowest BCUT2D eigenvalue weighted by Gasteiger charge is -2.00. The van der Waals surface area contributed by atoms with Crippen LogP contribution in [0.1, 0.15) is 10.4 Å². The van der Waals surface area contributed by atoms with E-state index in [1.165, 1.54) is 27.8 Å². The first-order valence-electron chi connectivity index (χ1n) is 5.96. The highest BCUT2D eigenvalue weighted by Crippen LogP contribution is 2.44. The molecule has 0 saturated heterocycles. The largest absolute Gasteiger partial charge is 0.301 e. The number of aromatic nitrogens is 2. The number of hydrogen-bond donors (Lipinski definition) is 1. The van der Waals surface area contributed by atoms with Gasteiger partial charge in [0.2, 0.25) is 0 Å². The van der Waals surface area contributed by atoms with Crippen LogP contribution in [0.15, 0.2) is 34.2 Å². The van der Waals surface area contributed by atoms with Crippen molar-refractivity contribution in [3.63, 3.8) is 0 Å². The second kappa shape index (κ2) is 3.95. The average Bonchev–Trinajstić information content (AvgIpc) is 2.93. The summed E-state index contributed by atoms with van der Waals surface area (Å²) in [5.41, 5.74) is 3.56. The molecule has 0 aliphatic heterocycles. The van der Waals surface area contributed by atoms with Crippen molar-refractivity contribution < 1.29 is 0 Å². The molecular weight excluding hydrogens is 276 g/mol. The normalized spacial score (nSPS) is 12.7. The number of thiophene rings is 1. The molecule has 0 spiro atoms. The zero-order chi connectivity index (χ0) is 13.0. The number of hydrogen-bond acceptors (Lipinski definition) is 4. The minimum Gasteiger partial charge on any atom is -0.301 e. The van der Waals surface area contributed by atoms with Crippen LogP contribution in [-0.2, 0) is 6.42 Å². The summed E-state index contributed by atoms with van der Waals surface area (Å²) in [5, 5.41) is 1.44. The summed E-state index contributed by atoms with van der Waals surface area (Å²) in [5.74, 6) is 0. The molecule has 1 aromatic carbocycles. The Morgan fingerprint density at radius 1 is 1.37 bits per heavy atom. The van der Waals surface area contributed by atoms with Gasteiger partial charge in [0.1, 0.15) is 4.83 Å². The number of rotatable bonds is 1. The fourth-order valence-corrected chi connectivity index (χ4v) is 4.28. The topological polar surface area (TPSA) is 45.8 Å². The lowest BCUT2D eigenvalue weighted by Crippen LogP contribution is -2.08. The number of nitrogens with zero attached hydrogens (tertiary/aromatic N) is 1. The maximum absolute atomic E-state index is 12.3. The molecule has 3 nitrogen and oxygen atoms in total. The number of nitrogens with one attached hydrogen (secondary N) is 1. The van der Waals surface area contributed by atoms with Gasteiger partial charge in [0.25, 0.3) is 5.56 Å². The molecule has 1 aliphatic carbocycles. The van der Waals surface area contributed by atoms with Crippen LogP contribution in [0.4, 0.5) is 0 Å². The van der Waals surface area contributed by atoms with Gasteiger partial charge in [-0.05, 0) is 17.4 Å². The van der Waals surface area contributed by atoms with E-state index in [2.05, 4.69) is 22.1 Å². The molecular formula is C14H10N2OS2. The van der Waals surface area contributed by atoms with E-state index in [1.807, 2.05) is 18.4 Å². The highest BCUT2D eigenvalue weighted by atomic mass is 32.2. The van der Waals surface area contributed by atoms with E-state index >= 15 is 0 Å². The van der Waals surface area contributed by atoms with Gasteiger partial charge in [-0.1, -0.05) is 36.0 Å². The number of fused-ring (bicyclic) bond motifs is 5. The number of aromatic amines is 1. The van der Waals surface area contributed by atoms with Crippen molar-refractivity contribution >= 4 is 33.3 Å². The first kappa shape index (κ1) is 11.3. The van der Waals surface area contributed by atoms with Crippen molar-refractivity contribution in [1.82, 2.24) is 9.97 Å². The Labute approximate surface area is 117 Å². The Morgan fingerprint density at radius 3 is 3.05 bits per heavy atom. The summed E-state index contributed by atoms with van der Waals surface area (Å²) in [6, 6.07) is 8.29. The van der Waals surface area contributed by atoms with E-state index in [-0.39, 0.29) is 5.56 Å².